The molecule has 11 heteroatoms. The number of pyridine rings is 1. The lowest BCUT2D eigenvalue weighted by atomic mass is 10.1. The molecule has 0 aliphatic carbocycles. The molecule has 1 atom stereocenters. The molecule has 3 aromatic heterocycles. The van der Waals surface area contributed by atoms with Gasteiger partial charge in [-0.15, -0.1) is 22.7 Å². The van der Waals surface area contributed by atoms with E-state index in [1.54, 1.807) is 42.1 Å². The summed E-state index contributed by atoms with van der Waals surface area (Å²) in [5, 5.41) is 33.2. The van der Waals surface area contributed by atoms with Crippen LogP contribution in [0.2, 0.25) is 5.02 Å². The number of rotatable bonds is 10. The van der Waals surface area contributed by atoms with Crippen LogP contribution in [-0.4, -0.2) is 39.2 Å². The average Bonchev–Trinajstić information content (AvgIpc) is 3.52. The van der Waals surface area contributed by atoms with Gasteiger partial charge < -0.3 is 20.1 Å². The van der Waals surface area contributed by atoms with Crippen LogP contribution in [0.15, 0.2) is 47.4 Å². The number of nitriles is 1. The molecule has 198 valence electrons. The normalized spacial score (nSPS) is 12.1. The summed E-state index contributed by atoms with van der Waals surface area (Å²) in [4.78, 5) is 29.9. The van der Waals surface area contributed by atoms with Crippen LogP contribution in [0.1, 0.15) is 37.4 Å². The van der Waals surface area contributed by atoms with Gasteiger partial charge in [-0.1, -0.05) is 23.7 Å². The number of hydrogen-bond donors (Lipinski definition) is 3. The number of amides is 1. The van der Waals surface area contributed by atoms with Gasteiger partial charge in [-0.25, -0.2) is 0 Å². The minimum absolute atomic E-state index is 0.0600. The first kappa shape index (κ1) is 28.0. The predicted octanol–water partition coefficient (Wildman–Crippen LogP) is 3.70. The number of hydrogen-bond acceptors (Lipinski definition) is 8. The number of aromatic nitrogens is 1. The van der Waals surface area contributed by atoms with E-state index in [9.17, 15) is 19.8 Å². The predicted molar refractivity (Wildman–Crippen MR) is 150 cm³/mol. The Morgan fingerprint density at radius 2 is 1.97 bits per heavy atom. The van der Waals surface area contributed by atoms with Crippen LogP contribution in [0, 0.1) is 11.3 Å². The van der Waals surface area contributed by atoms with Crippen molar-refractivity contribution in [1.29, 1.82) is 5.26 Å². The lowest BCUT2D eigenvalue weighted by Crippen LogP contribution is -2.27. The highest BCUT2D eigenvalue weighted by Gasteiger charge is 2.21. The van der Waals surface area contributed by atoms with Crippen LogP contribution in [0.25, 0.3) is 10.2 Å². The van der Waals surface area contributed by atoms with Crippen molar-refractivity contribution in [3.8, 4) is 6.07 Å². The number of nitrogens with one attached hydrogen (secondary N) is 1. The summed E-state index contributed by atoms with van der Waals surface area (Å²) in [6.07, 6.45) is 0.831. The summed E-state index contributed by atoms with van der Waals surface area (Å²) in [6, 6.07) is 12.7. The summed E-state index contributed by atoms with van der Waals surface area (Å²) < 4.78 is 2.27. The zero-order valence-corrected chi connectivity index (χ0v) is 23.3. The van der Waals surface area contributed by atoms with Gasteiger partial charge in [0.05, 0.1) is 23.2 Å². The van der Waals surface area contributed by atoms with Crippen molar-refractivity contribution < 1.29 is 15.0 Å². The third-order valence-corrected chi connectivity index (χ3v) is 8.69. The minimum Gasteiger partial charge on any atom is -0.392 e. The third-order valence-electron chi connectivity index (χ3n) is 6.14. The minimum atomic E-state index is -0.761. The maximum absolute atomic E-state index is 13.3. The highest BCUT2D eigenvalue weighted by atomic mass is 35.5. The number of fused-ring (bicyclic) bond motifs is 1. The number of carbonyl (C=O) groups excluding carboxylic acids is 1. The van der Waals surface area contributed by atoms with E-state index in [-0.39, 0.29) is 24.4 Å². The van der Waals surface area contributed by atoms with Gasteiger partial charge in [-0.05, 0) is 36.9 Å². The van der Waals surface area contributed by atoms with Crippen LogP contribution in [0.5, 0.6) is 0 Å². The van der Waals surface area contributed by atoms with E-state index in [4.69, 9.17) is 16.9 Å². The number of aliphatic hydroxyl groups excluding tert-OH is 2. The van der Waals surface area contributed by atoms with Crippen molar-refractivity contribution in [2.45, 2.75) is 32.2 Å². The highest BCUT2D eigenvalue weighted by Crippen LogP contribution is 2.31. The summed E-state index contributed by atoms with van der Waals surface area (Å²) in [5.41, 5.74) is 2.36. The summed E-state index contributed by atoms with van der Waals surface area (Å²) in [7, 11) is 3.64. The Balaban J connectivity index is 1.50. The number of halogens is 1. The maximum Gasteiger partial charge on any atom is 0.224 e. The molecule has 3 N–H and O–H groups in total. The molecule has 38 heavy (non-hydrogen) atoms. The monoisotopic (exact) mass is 570 g/mol. The zero-order chi connectivity index (χ0) is 27.4. The van der Waals surface area contributed by atoms with Gasteiger partial charge in [0.15, 0.2) is 0 Å². The molecule has 0 aliphatic heterocycles. The fraction of sp³-hybridized carbons (Fsp3) is 0.296. The van der Waals surface area contributed by atoms with Crippen molar-refractivity contribution >= 4 is 50.4 Å². The van der Waals surface area contributed by atoms with Crippen molar-refractivity contribution in [3.05, 3.63) is 89.2 Å². The summed E-state index contributed by atoms with van der Waals surface area (Å²) in [6.45, 7) is 0.827. The molecule has 1 amide bonds. The molecular weight excluding hydrogens is 544 g/mol. The highest BCUT2D eigenvalue weighted by molar-refractivity contribution is 7.19. The first-order valence-electron chi connectivity index (χ1n) is 11.8. The molecule has 0 bridgehead atoms. The van der Waals surface area contributed by atoms with Gasteiger partial charge in [0.1, 0.15) is 17.1 Å². The van der Waals surface area contributed by atoms with Crippen molar-refractivity contribution in [2.75, 3.05) is 13.6 Å². The Bertz CT molecular complexity index is 1550. The Kier molecular flexibility index (Phi) is 8.99. The topological polar surface area (TPSA) is 119 Å². The van der Waals surface area contributed by atoms with Crippen LogP contribution >= 0.6 is 34.3 Å². The first-order valence-corrected chi connectivity index (χ1v) is 13.8. The summed E-state index contributed by atoms with van der Waals surface area (Å²) >= 11 is 8.46. The van der Waals surface area contributed by atoms with E-state index in [0.29, 0.717) is 55.8 Å². The molecule has 4 aromatic rings. The quantitative estimate of drug-likeness (QED) is 0.267. The average molecular weight is 571 g/mol. The van der Waals surface area contributed by atoms with E-state index in [1.165, 1.54) is 22.7 Å². The summed E-state index contributed by atoms with van der Waals surface area (Å²) in [5.74, 6) is -0.266. The largest absolute Gasteiger partial charge is 0.392 e. The molecule has 1 unspecified atom stereocenters. The molecule has 0 spiro atoms. The van der Waals surface area contributed by atoms with Gasteiger partial charge in [0.2, 0.25) is 11.3 Å². The number of aryl methyl sites for hydroxylation is 1. The molecule has 0 saturated carbocycles. The van der Waals surface area contributed by atoms with Gasteiger partial charge in [0, 0.05) is 58.8 Å². The van der Waals surface area contributed by atoms with Crippen LogP contribution in [-0.2, 0) is 38.0 Å². The molecule has 1 aromatic carbocycles. The Labute approximate surface area is 233 Å². The second kappa shape index (κ2) is 12.2. The lowest BCUT2D eigenvalue weighted by molar-refractivity contribution is -0.120. The lowest BCUT2D eigenvalue weighted by Gasteiger charge is -2.19. The molecular formula is C27H27ClN4O4S2. The standard InChI is InChI=1S/C27H27ClN4O4S2/c1-31(13-21(34)22-8-7-19(10-29)37-22)14-23-20(15-33)25-27(38-23)26(36)17(12-32(25)2)9-24(35)30-11-16-3-5-18(28)6-4-16/h3-8,12,21,33-34H,9,11,13-15H2,1-2H3,(H,30,35). The van der Waals surface area contributed by atoms with Crippen LogP contribution < -0.4 is 10.7 Å². The van der Waals surface area contributed by atoms with Gasteiger partial charge in [-0.2, -0.15) is 5.26 Å². The molecule has 0 aliphatic rings. The third kappa shape index (κ3) is 6.32. The maximum atomic E-state index is 13.3. The van der Waals surface area contributed by atoms with Gasteiger partial charge in [0.25, 0.3) is 0 Å². The van der Waals surface area contributed by atoms with Crippen molar-refractivity contribution in [1.82, 2.24) is 14.8 Å². The SMILES string of the molecule is CN(Cc1sc2c(=O)c(CC(=O)NCc3ccc(Cl)cc3)cn(C)c2c1CO)CC(O)c1ccc(C#N)s1. The van der Waals surface area contributed by atoms with Crippen LogP contribution in [0.3, 0.4) is 0 Å². The van der Waals surface area contributed by atoms with Crippen LogP contribution in [0.4, 0.5) is 0 Å². The number of carbonyl (C=O) groups is 1. The second-order valence-electron chi connectivity index (χ2n) is 9.04. The van der Waals surface area contributed by atoms with Crippen molar-refractivity contribution in [3.63, 3.8) is 0 Å². The van der Waals surface area contributed by atoms with E-state index < -0.39 is 6.10 Å². The molecule has 4 rings (SSSR count). The molecule has 3 heterocycles. The fourth-order valence-corrected chi connectivity index (χ4v) is 6.59. The number of nitrogens with zero attached hydrogens (tertiary/aromatic N) is 3. The first-order chi connectivity index (χ1) is 18.2. The Hall–Kier alpha value is -3.04. The molecule has 0 fully saturated rings. The Morgan fingerprint density at radius 1 is 1.24 bits per heavy atom. The Morgan fingerprint density at radius 3 is 2.63 bits per heavy atom. The van der Waals surface area contributed by atoms with E-state index >= 15 is 0 Å². The molecule has 8 nitrogen and oxygen atoms in total. The number of thiophene rings is 2. The smallest absolute Gasteiger partial charge is 0.224 e. The molecule has 0 saturated heterocycles. The second-order valence-corrected chi connectivity index (χ2v) is 11.7. The van der Waals surface area contributed by atoms with E-state index in [2.05, 4.69) is 11.4 Å². The van der Waals surface area contributed by atoms with E-state index in [1.807, 2.05) is 24.1 Å². The zero-order valence-electron chi connectivity index (χ0n) is 20.9. The van der Waals surface area contributed by atoms with Gasteiger partial charge in [-0.3, -0.25) is 14.5 Å². The van der Waals surface area contributed by atoms with E-state index in [0.717, 1.165) is 10.4 Å². The molecule has 0 radical (unpaired) electrons. The van der Waals surface area contributed by atoms with Gasteiger partial charge >= 0.3 is 0 Å². The number of likely N-dealkylation sites (N-methyl/N-ethyl adjacent to an activating group) is 1. The number of aliphatic hydroxyl groups is 2. The number of benzene rings is 1. The van der Waals surface area contributed by atoms with Crippen molar-refractivity contribution in [2.24, 2.45) is 7.05 Å². The fourth-order valence-electron chi connectivity index (χ4n) is 4.27.